The zero-order chi connectivity index (χ0) is 40.6. The van der Waals surface area contributed by atoms with Gasteiger partial charge in [0.2, 0.25) is 35.4 Å². The maximum atomic E-state index is 13.0. The van der Waals surface area contributed by atoms with Gasteiger partial charge in [0.25, 0.3) is 0 Å². The van der Waals surface area contributed by atoms with Crippen LogP contribution in [0, 0.1) is 11.8 Å². The molecule has 1 aromatic rings. The van der Waals surface area contributed by atoms with Crippen LogP contribution in [0.25, 0.3) is 0 Å². The van der Waals surface area contributed by atoms with Gasteiger partial charge in [-0.25, -0.2) is 4.79 Å². The minimum atomic E-state index is -1.25. The summed E-state index contributed by atoms with van der Waals surface area (Å²) in [6, 6.07) is 4.94. The lowest BCUT2D eigenvalue weighted by molar-refractivity contribution is -0.142. The number of nitrogens with one attached hydrogen (secondary N) is 4. The van der Waals surface area contributed by atoms with E-state index in [0.717, 1.165) is 89.0 Å². The molecule has 1 aliphatic rings. The number of primary amides is 2. The van der Waals surface area contributed by atoms with Crippen molar-refractivity contribution >= 4 is 41.4 Å². The Labute approximate surface area is 326 Å². The van der Waals surface area contributed by atoms with Gasteiger partial charge in [-0.3, -0.25) is 28.8 Å². The van der Waals surface area contributed by atoms with E-state index in [-0.39, 0.29) is 30.6 Å². The number of carbonyl (C=O) groups is 7. The number of rotatable bonds is 31. The van der Waals surface area contributed by atoms with E-state index in [1.807, 2.05) is 13.8 Å². The van der Waals surface area contributed by atoms with Crippen LogP contribution in [0.2, 0.25) is 0 Å². The summed E-state index contributed by atoms with van der Waals surface area (Å²) in [5.74, 6) is -3.87. The molecule has 0 aromatic heterocycles. The molecule has 1 unspecified atom stereocenters. The summed E-state index contributed by atoms with van der Waals surface area (Å²) >= 11 is 0. The quantitative estimate of drug-likeness (QED) is 0.0545. The van der Waals surface area contributed by atoms with Crippen LogP contribution in [0.5, 0.6) is 0 Å². The molecule has 0 aliphatic heterocycles. The van der Waals surface area contributed by atoms with Crippen molar-refractivity contribution in [3.8, 4) is 0 Å². The zero-order valence-electron chi connectivity index (χ0n) is 33.0. The molecule has 6 amide bonds. The lowest BCUT2D eigenvalue weighted by Crippen LogP contribution is -2.55. The van der Waals surface area contributed by atoms with Crippen LogP contribution in [0.15, 0.2) is 30.3 Å². The Kier molecular flexibility index (Phi) is 22.3. The number of carboxylic acids is 1. The summed E-state index contributed by atoms with van der Waals surface area (Å²) in [4.78, 5) is 86.3. The molecule has 308 valence electrons. The number of hydrogen-bond donors (Lipinski definition) is 7. The van der Waals surface area contributed by atoms with Crippen molar-refractivity contribution in [3.05, 3.63) is 35.9 Å². The Balaban J connectivity index is 1.53. The predicted octanol–water partition coefficient (Wildman–Crippen LogP) is 3.92. The normalized spacial score (nSPS) is 15.1. The fraction of sp³-hybridized carbons (Fsp3) is 0.683. The van der Waals surface area contributed by atoms with Crippen molar-refractivity contribution in [2.75, 3.05) is 0 Å². The first-order valence-corrected chi connectivity index (χ1v) is 20.3. The van der Waals surface area contributed by atoms with Crippen LogP contribution < -0.4 is 32.7 Å². The molecule has 0 radical (unpaired) electrons. The molecule has 1 aromatic carbocycles. The molecule has 1 aliphatic carbocycles. The maximum absolute atomic E-state index is 13.0. The van der Waals surface area contributed by atoms with Gasteiger partial charge in [-0.15, -0.1) is 0 Å². The molecule has 0 bridgehead atoms. The minimum absolute atomic E-state index is 0.0498. The summed E-state index contributed by atoms with van der Waals surface area (Å²) in [6.07, 6.45) is 15.4. The van der Waals surface area contributed by atoms with Crippen molar-refractivity contribution < 1.29 is 38.7 Å². The van der Waals surface area contributed by atoms with Gasteiger partial charge in [0.05, 0.1) is 6.42 Å². The van der Waals surface area contributed by atoms with Gasteiger partial charge in [-0.2, -0.15) is 0 Å². The summed E-state index contributed by atoms with van der Waals surface area (Å²) in [6.45, 7) is 3.88. The minimum Gasteiger partial charge on any atom is -0.480 e. The number of unbranched alkanes of at least 4 members (excludes halogenated alkanes) is 11. The van der Waals surface area contributed by atoms with Gasteiger partial charge in [-0.05, 0) is 36.7 Å². The van der Waals surface area contributed by atoms with Crippen LogP contribution in [-0.2, 0) is 40.0 Å². The Hall–Kier alpha value is -4.49. The standard InChI is InChI=1S/C41H66N6O8/c1-3-28(2)37(40(53)45-31(38(43)51)25-30-23-24-30)47-36(50)22-18-13-11-9-7-5-4-6-8-10-12-17-21-35(49)44-32(27-34(42)48)39(52)46-33(41(54)55)26-29-19-15-14-16-20-29/h14-16,19-20,28,30-33,37H,3-13,17-18,21-27H2,1-2H3,(H2,42,48)(H2,43,51)(H,44,49)(H,45,53)(H,46,52)(H,47,50)(H,54,55)/t28?,31-,32-,33-,37-/m0/s1. The van der Waals surface area contributed by atoms with Crippen molar-refractivity contribution in [2.45, 2.75) is 166 Å². The molecule has 55 heavy (non-hydrogen) atoms. The first-order chi connectivity index (χ1) is 26.3. The van der Waals surface area contributed by atoms with E-state index in [2.05, 4.69) is 21.3 Å². The van der Waals surface area contributed by atoms with Crippen molar-refractivity contribution in [2.24, 2.45) is 23.3 Å². The SMILES string of the molecule is CCC(C)[C@H](NC(=O)CCCCCCCCCCCCCCC(=O)N[C@@H](CC(N)=O)C(=O)N[C@@H](Cc1ccccc1)C(=O)O)C(=O)N[C@@H](CC1CC1)C(N)=O. The average Bonchev–Trinajstić information content (AvgIpc) is 3.97. The second kappa shape index (κ2) is 26.3. The lowest BCUT2D eigenvalue weighted by atomic mass is 9.97. The highest BCUT2D eigenvalue weighted by molar-refractivity contribution is 5.94. The molecular formula is C41H66N6O8. The number of carboxylic acid groups (broad SMARTS) is 1. The van der Waals surface area contributed by atoms with Gasteiger partial charge in [-0.1, -0.05) is 128 Å². The predicted molar refractivity (Wildman–Crippen MR) is 210 cm³/mol. The third-order valence-corrected chi connectivity index (χ3v) is 10.2. The Morgan fingerprint density at radius 1 is 0.673 bits per heavy atom. The largest absolute Gasteiger partial charge is 0.480 e. The first-order valence-electron chi connectivity index (χ1n) is 20.3. The summed E-state index contributed by atoms with van der Waals surface area (Å²) in [7, 11) is 0. The van der Waals surface area contributed by atoms with E-state index in [4.69, 9.17) is 11.5 Å². The van der Waals surface area contributed by atoms with Gasteiger partial charge in [0, 0.05) is 19.3 Å². The van der Waals surface area contributed by atoms with E-state index in [0.29, 0.717) is 31.6 Å². The summed E-state index contributed by atoms with van der Waals surface area (Å²) in [5, 5.41) is 20.2. The van der Waals surface area contributed by atoms with E-state index >= 15 is 0 Å². The van der Waals surface area contributed by atoms with E-state index in [9.17, 15) is 38.7 Å². The van der Waals surface area contributed by atoms with Crippen molar-refractivity contribution in [1.29, 1.82) is 0 Å². The molecule has 0 heterocycles. The highest BCUT2D eigenvalue weighted by Gasteiger charge is 2.33. The molecule has 14 nitrogen and oxygen atoms in total. The van der Waals surface area contributed by atoms with Gasteiger partial charge >= 0.3 is 5.97 Å². The topological polar surface area (TPSA) is 240 Å². The molecule has 1 fully saturated rings. The molecule has 0 spiro atoms. The summed E-state index contributed by atoms with van der Waals surface area (Å²) in [5.41, 5.74) is 11.5. The smallest absolute Gasteiger partial charge is 0.326 e. The van der Waals surface area contributed by atoms with Crippen molar-refractivity contribution in [1.82, 2.24) is 21.3 Å². The second-order valence-corrected chi connectivity index (χ2v) is 15.2. The molecule has 2 rings (SSSR count). The van der Waals surface area contributed by atoms with Crippen LogP contribution in [0.1, 0.15) is 141 Å². The molecule has 5 atom stereocenters. The number of hydrogen-bond acceptors (Lipinski definition) is 7. The van der Waals surface area contributed by atoms with Crippen LogP contribution in [0.3, 0.4) is 0 Å². The third kappa shape index (κ3) is 20.7. The van der Waals surface area contributed by atoms with Crippen LogP contribution in [0.4, 0.5) is 0 Å². The number of nitrogens with two attached hydrogens (primary N) is 2. The Morgan fingerprint density at radius 3 is 1.62 bits per heavy atom. The molecule has 0 saturated heterocycles. The van der Waals surface area contributed by atoms with Crippen LogP contribution >= 0.6 is 0 Å². The van der Waals surface area contributed by atoms with Gasteiger partial charge in [0.1, 0.15) is 24.2 Å². The lowest BCUT2D eigenvalue weighted by Gasteiger charge is -2.26. The molecule has 14 heteroatoms. The van der Waals surface area contributed by atoms with E-state index in [1.165, 1.54) is 0 Å². The number of amides is 6. The fourth-order valence-electron chi connectivity index (χ4n) is 6.48. The number of benzene rings is 1. The monoisotopic (exact) mass is 770 g/mol. The van der Waals surface area contributed by atoms with Crippen molar-refractivity contribution in [3.63, 3.8) is 0 Å². The second-order valence-electron chi connectivity index (χ2n) is 15.2. The zero-order valence-corrected chi connectivity index (χ0v) is 33.0. The van der Waals surface area contributed by atoms with E-state index in [1.54, 1.807) is 30.3 Å². The Morgan fingerprint density at radius 2 is 1.16 bits per heavy atom. The third-order valence-electron chi connectivity index (χ3n) is 10.2. The molecule has 9 N–H and O–H groups in total. The first kappa shape index (κ1) is 46.7. The summed E-state index contributed by atoms with van der Waals surface area (Å²) < 4.78 is 0. The van der Waals surface area contributed by atoms with Crippen LogP contribution in [-0.4, -0.2) is 70.7 Å². The average molecular weight is 771 g/mol. The molecule has 1 saturated carbocycles. The molecular weight excluding hydrogens is 704 g/mol. The van der Waals surface area contributed by atoms with E-state index < -0.39 is 60.2 Å². The highest BCUT2D eigenvalue weighted by Crippen LogP contribution is 2.33. The fourth-order valence-corrected chi connectivity index (χ4v) is 6.48. The van der Waals surface area contributed by atoms with Gasteiger partial charge < -0.3 is 37.8 Å². The highest BCUT2D eigenvalue weighted by atomic mass is 16.4. The Bertz CT molecular complexity index is 1370. The maximum Gasteiger partial charge on any atom is 0.326 e. The van der Waals surface area contributed by atoms with Gasteiger partial charge in [0.15, 0.2) is 0 Å². The number of aliphatic carboxylic acids is 1. The number of carbonyl (C=O) groups excluding carboxylic acids is 6.